The number of rotatable bonds is 7. The monoisotopic (exact) mass is 546 g/mol. The van der Waals surface area contributed by atoms with Crippen LogP contribution in [0.5, 0.6) is 11.5 Å². The van der Waals surface area contributed by atoms with E-state index < -0.39 is 33.6 Å². The number of hydrogen-bond acceptors (Lipinski definition) is 6. The molecule has 188 valence electrons. The maximum atomic E-state index is 13.6. The summed E-state index contributed by atoms with van der Waals surface area (Å²) >= 11 is 7.18. The molecule has 6 nitrogen and oxygen atoms in total. The van der Waals surface area contributed by atoms with Crippen LogP contribution in [-0.4, -0.2) is 46.7 Å². The topological polar surface area (TPSA) is 67.9 Å². The second kappa shape index (κ2) is 9.88. The molecule has 0 bridgehead atoms. The van der Waals surface area contributed by atoms with E-state index in [1.165, 1.54) is 13.2 Å². The van der Waals surface area contributed by atoms with E-state index in [4.69, 9.17) is 21.1 Å². The molecule has 2 aromatic carbocycles. The average Bonchev–Trinajstić information content (AvgIpc) is 3.38. The van der Waals surface area contributed by atoms with Crippen LogP contribution < -0.4 is 14.2 Å². The number of methoxy groups -OCH3 is 1. The molecular weight excluding hydrogens is 525 g/mol. The quantitative estimate of drug-likeness (QED) is 0.395. The Hall–Kier alpha value is -2.47. The molecule has 1 atom stereocenters. The molecule has 3 aromatic rings. The number of likely N-dealkylation sites (tertiary alicyclic amines) is 1. The van der Waals surface area contributed by atoms with Gasteiger partial charge in [0.1, 0.15) is 26.1 Å². The van der Waals surface area contributed by atoms with E-state index in [-0.39, 0.29) is 14.2 Å². The van der Waals surface area contributed by atoms with Crippen LogP contribution in [0.15, 0.2) is 52.7 Å². The number of ether oxygens (including phenoxy) is 2. The largest absolute Gasteiger partial charge is 0.496 e. The lowest BCUT2D eigenvalue weighted by Gasteiger charge is -2.19. The molecule has 1 fully saturated rings. The van der Waals surface area contributed by atoms with Crippen LogP contribution >= 0.6 is 22.9 Å². The van der Waals surface area contributed by atoms with Crippen LogP contribution in [0.4, 0.5) is 18.9 Å². The van der Waals surface area contributed by atoms with Crippen LogP contribution in [0.25, 0.3) is 11.1 Å². The lowest BCUT2D eigenvalue weighted by Crippen LogP contribution is -2.23. The van der Waals surface area contributed by atoms with Crippen molar-refractivity contribution in [1.29, 1.82) is 0 Å². The smallest absolute Gasteiger partial charge is 0.419 e. The van der Waals surface area contributed by atoms with Gasteiger partial charge in [-0.2, -0.15) is 13.2 Å². The van der Waals surface area contributed by atoms with E-state index in [9.17, 15) is 21.6 Å². The van der Waals surface area contributed by atoms with Gasteiger partial charge >= 0.3 is 6.18 Å². The second-order valence-electron chi connectivity index (χ2n) is 8.06. The van der Waals surface area contributed by atoms with E-state index >= 15 is 0 Å². The van der Waals surface area contributed by atoms with E-state index in [2.05, 4.69) is 4.72 Å². The molecule has 1 aromatic heterocycles. The highest BCUT2D eigenvalue weighted by molar-refractivity contribution is 7.94. The Labute approximate surface area is 210 Å². The zero-order valence-electron chi connectivity index (χ0n) is 18.7. The Bertz CT molecular complexity index is 1330. The SMILES string of the molecule is COc1ccccc1-c1cc(S(=O)(=O)Nc2ccc(C(F)(F)F)c(O[C@@H]3CCN(C)C3)c2)sc1Cl. The number of nitrogens with zero attached hydrogens (tertiary/aromatic N) is 1. The average molecular weight is 547 g/mol. The number of sulfonamides is 1. The molecule has 1 aliphatic heterocycles. The Morgan fingerprint density at radius 2 is 1.86 bits per heavy atom. The summed E-state index contributed by atoms with van der Waals surface area (Å²) in [6.07, 6.45) is -4.50. The predicted octanol–water partition coefficient (Wildman–Crippen LogP) is 5.98. The molecule has 0 spiro atoms. The highest BCUT2D eigenvalue weighted by atomic mass is 35.5. The standard InChI is InChI=1S/C23H22ClF3N2O4S2/c1-29-10-9-15(13-29)33-20-11-14(7-8-18(20)23(25,26)27)28-35(30,31)21-12-17(22(24)34-21)16-5-3-4-6-19(16)32-2/h3-8,11-12,15,28H,9-10,13H2,1-2H3/t15-/m1/s1. The first-order valence-corrected chi connectivity index (χ1v) is 13.2. The third kappa shape index (κ3) is 5.69. The summed E-state index contributed by atoms with van der Waals surface area (Å²) in [5.74, 6) is 0.100. The van der Waals surface area contributed by atoms with E-state index in [1.54, 1.807) is 24.3 Å². The van der Waals surface area contributed by atoms with Gasteiger partial charge in [-0.15, -0.1) is 11.3 Å². The second-order valence-corrected chi connectivity index (χ2v) is 11.6. The van der Waals surface area contributed by atoms with Crippen molar-refractivity contribution >= 4 is 38.6 Å². The van der Waals surface area contributed by atoms with Crippen molar-refractivity contribution in [2.75, 3.05) is 32.0 Å². The number of para-hydroxylation sites is 1. The first kappa shape index (κ1) is 25.6. The van der Waals surface area contributed by atoms with Gasteiger partial charge in [0, 0.05) is 30.3 Å². The van der Waals surface area contributed by atoms with Crippen molar-refractivity contribution in [2.24, 2.45) is 0 Å². The molecule has 2 heterocycles. The zero-order valence-corrected chi connectivity index (χ0v) is 21.1. The molecule has 1 aliphatic rings. The molecule has 0 radical (unpaired) electrons. The maximum absolute atomic E-state index is 13.6. The van der Waals surface area contributed by atoms with Gasteiger partial charge in [-0.25, -0.2) is 8.42 Å². The number of halogens is 4. The number of hydrogen-bond donors (Lipinski definition) is 1. The first-order chi connectivity index (χ1) is 16.5. The number of thiophene rings is 1. The molecule has 0 aliphatic carbocycles. The minimum atomic E-state index is -4.65. The van der Waals surface area contributed by atoms with Gasteiger partial charge in [-0.05, 0) is 37.7 Å². The minimum absolute atomic E-state index is 0.0530. The lowest BCUT2D eigenvalue weighted by atomic mass is 10.1. The number of alkyl halides is 3. The number of benzene rings is 2. The summed E-state index contributed by atoms with van der Waals surface area (Å²) < 4.78 is 80.3. The summed E-state index contributed by atoms with van der Waals surface area (Å²) in [4.78, 5) is 1.95. The normalized spacial score (nSPS) is 16.9. The fourth-order valence-electron chi connectivity index (χ4n) is 3.82. The van der Waals surface area contributed by atoms with Crippen molar-refractivity contribution in [1.82, 2.24) is 4.90 Å². The van der Waals surface area contributed by atoms with Crippen LogP contribution in [-0.2, 0) is 16.2 Å². The Morgan fingerprint density at radius 3 is 2.51 bits per heavy atom. The molecular formula is C23H22ClF3N2O4S2. The van der Waals surface area contributed by atoms with Crippen molar-refractivity contribution in [3.8, 4) is 22.6 Å². The van der Waals surface area contributed by atoms with Crippen LogP contribution in [0.1, 0.15) is 12.0 Å². The van der Waals surface area contributed by atoms with Gasteiger partial charge in [-0.1, -0.05) is 29.8 Å². The molecule has 35 heavy (non-hydrogen) atoms. The van der Waals surface area contributed by atoms with E-state index in [0.717, 1.165) is 29.5 Å². The molecule has 0 saturated carbocycles. The van der Waals surface area contributed by atoms with Crippen LogP contribution in [0.3, 0.4) is 0 Å². The van der Waals surface area contributed by atoms with Crippen molar-refractivity contribution in [3.63, 3.8) is 0 Å². The van der Waals surface area contributed by atoms with Crippen LogP contribution in [0, 0.1) is 0 Å². The van der Waals surface area contributed by atoms with Gasteiger partial charge in [0.05, 0.1) is 18.4 Å². The molecule has 1 N–H and O–H groups in total. The summed E-state index contributed by atoms with van der Waals surface area (Å²) in [6, 6.07) is 11.4. The third-order valence-electron chi connectivity index (χ3n) is 5.51. The molecule has 4 rings (SSSR count). The predicted molar refractivity (Wildman–Crippen MR) is 130 cm³/mol. The molecule has 0 amide bonds. The van der Waals surface area contributed by atoms with Crippen LogP contribution in [0.2, 0.25) is 4.34 Å². The number of anilines is 1. The number of likely N-dealkylation sites (N-methyl/N-ethyl adjacent to an activating group) is 1. The Balaban J connectivity index is 1.64. The maximum Gasteiger partial charge on any atom is 0.419 e. The minimum Gasteiger partial charge on any atom is -0.496 e. The number of nitrogens with one attached hydrogen (secondary N) is 1. The Morgan fingerprint density at radius 1 is 1.11 bits per heavy atom. The van der Waals surface area contributed by atoms with Gasteiger partial charge in [0.15, 0.2) is 0 Å². The fourth-order valence-corrected chi connectivity index (χ4v) is 6.62. The lowest BCUT2D eigenvalue weighted by molar-refractivity contribution is -0.139. The van der Waals surface area contributed by atoms with Crippen molar-refractivity contribution in [2.45, 2.75) is 22.9 Å². The van der Waals surface area contributed by atoms with E-state index in [1.807, 2.05) is 11.9 Å². The zero-order chi connectivity index (χ0) is 25.4. The molecule has 12 heteroatoms. The van der Waals surface area contributed by atoms with Crippen molar-refractivity contribution in [3.05, 3.63) is 58.4 Å². The first-order valence-electron chi connectivity index (χ1n) is 10.5. The highest BCUT2D eigenvalue weighted by Gasteiger charge is 2.36. The van der Waals surface area contributed by atoms with E-state index in [0.29, 0.717) is 36.4 Å². The summed E-state index contributed by atoms with van der Waals surface area (Å²) in [5.41, 5.74) is 0.0658. The molecule has 0 unspecified atom stereocenters. The highest BCUT2D eigenvalue weighted by Crippen LogP contribution is 2.43. The van der Waals surface area contributed by atoms with Gasteiger partial charge in [0.25, 0.3) is 10.0 Å². The van der Waals surface area contributed by atoms with Gasteiger partial charge in [0.2, 0.25) is 0 Å². The molecule has 1 saturated heterocycles. The summed E-state index contributed by atoms with van der Waals surface area (Å²) in [7, 11) is -0.802. The fraction of sp³-hybridized carbons (Fsp3) is 0.304. The Kier molecular flexibility index (Phi) is 7.23. The van der Waals surface area contributed by atoms with Gasteiger partial charge in [-0.3, -0.25) is 4.72 Å². The van der Waals surface area contributed by atoms with Crippen molar-refractivity contribution < 1.29 is 31.1 Å². The third-order valence-corrected chi connectivity index (χ3v) is 8.72. The summed E-state index contributed by atoms with van der Waals surface area (Å²) in [5, 5.41) is 0. The summed E-state index contributed by atoms with van der Waals surface area (Å²) in [6.45, 7) is 1.18. The van der Waals surface area contributed by atoms with Gasteiger partial charge < -0.3 is 14.4 Å².